The van der Waals surface area contributed by atoms with E-state index in [4.69, 9.17) is 0 Å². The van der Waals surface area contributed by atoms with Crippen LogP contribution in [0.1, 0.15) is 62.3 Å². The Morgan fingerprint density at radius 2 is 0.684 bits per heavy atom. The second-order valence-corrected chi connectivity index (χ2v) is 12.9. The molecule has 0 aromatic carbocycles. The molecule has 0 aliphatic carbocycles. The molecule has 0 N–H and O–H groups in total. The van der Waals surface area contributed by atoms with Crippen molar-refractivity contribution < 1.29 is 0 Å². The first kappa shape index (κ1) is 18.6. The fourth-order valence-electron chi connectivity index (χ4n) is 0.974. The quantitative estimate of drug-likeness (QED) is 0.568. The average molecular weight is 358 g/mol. The van der Waals surface area contributed by atoms with E-state index < -0.39 is 21.4 Å². The molecule has 0 saturated carbocycles. The molecule has 0 fully saturated rings. The van der Waals surface area contributed by atoms with Crippen molar-refractivity contribution in [3.63, 3.8) is 0 Å². The third-order valence-corrected chi connectivity index (χ3v) is 5.48. The Morgan fingerprint density at radius 3 is 0.842 bits per heavy atom. The average Bonchev–Trinajstić information content (AvgIpc) is 2.11. The second kappa shape index (κ2) is 6.82. The predicted octanol–water partition coefficient (Wildman–Crippen LogP) is 4.25. The third-order valence-electron chi connectivity index (χ3n) is 1.77. The van der Waals surface area contributed by atoms with Crippen LogP contribution in [0.15, 0.2) is 0 Å². The van der Waals surface area contributed by atoms with E-state index in [0.717, 1.165) is 0 Å². The SMILES string of the molecule is CC(C)(C)C#[C][In]([C]#CC(C)(C)C)[C]#CC(C)(C)C. The van der Waals surface area contributed by atoms with Crippen molar-refractivity contribution in [1.82, 2.24) is 0 Å². The molecule has 0 heterocycles. The summed E-state index contributed by atoms with van der Waals surface area (Å²) in [6.07, 6.45) is 0. The Balaban J connectivity index is 5.30. The molecule has 0 unspecified atom stereocenters. The molecule has 0 aliphatic heterocycles. The van der Waals surface area contributed by atoms with Crippen molar-refractivity contribution in [1.29, 1.82) is 0 Å². The van der Waals surface area contributed by atoms with Gasteiger partial charge in [0.2, 0.25) is 0 Å². The minimum atomic E-state index is -2.36. The summed E-state index contributed by atoms with van der Waals surface area (Å²) >= 11 is -2.36. The Labute approximate surface area is 128 Å². The summed E-state index contributed by atoms with van der Waals surface area (Å²) in [6, 6.07) is 0. The van der Waals surface area contributed by atoms with Crippen LogP contribution in [0.5, 0.6) is 0 Å². The monoisotopic (exact) mass is 358 g/mol. The van der Waals surface area contributed by atoms with Gasteiger partial charge in [0.15, 0.2) is 0 Å². The Hall–Kier alpha value is -0.450. The first-order valence-corrected chi connectivity index (χ1v) is 11.8. The molecule has 1 heteroatoms. The molecule has 0 aromatic heterocycles. The Bertz CT molecular complexity index is 394. The van der Waals surface area contributed by atoms with Gasteiger partial charge in [0.25, 0.3) is 0 Å². The molecular weight excluding hydrogens is 331 g/mol. The molecule has 0 atom stereocenters. The second-order valence-electron chi connectivity index (χ2n) is 7.99. The van der Waals surface area contributed by atoms with Crippen molar-refractivity contribution in [2.24, 2.45) is 16.2 Å². The van der Waals surface area contributed by atoms with Gasteiger partial charge in [0, 0.05) is 0 Å². The summed E-state index contributed by atoms with van der Waals surface area (Å²) < 4.78 is 10.3. The summed E-state index contributed by atoms with van der Waals surface area (Å²) in [5.74, 6) is 10.00. The van der Waals surface area contributed by atoms with Crippen LogP contribution in [-0.2, 0) is 0 Å². The summed E-state index contributed by atoms with van der Waals surface area (Å²) in [4.78, 5) is 0. The molecule has 0 radical (unpaired) electrons. The van der Waals surface area contributed by atoms with Crippen LogP contribution in [0, 0.1) is 45.0 Å². The predicted molar refractivity (Wildman–Crippen MR) is 87.4 cm³/mol. The standard InChI is InChI=1S/3C6H9.In/c3*1-5-6(2,3)4;/h3*2-4H3;. The summed E-state index contributed by atoms with van der Waals surface area (Å²) in [6.45, 7) is 19.2. The van der Waals surface area contributed by atoms with Gasteiger partial charge in [-0.2, -0.15) is 0 Å². The molecule has 19 heavy (non-hydrogen) atoms. The van der Waals surface area contributed by atoms with Crippen molar-refractivity contribution >= 4 is 21.4 Å². The molecule has 0 spiro atoms. The molecule has 0 bridgehead atoms. The van der Waals surface area contributed by atoms with Crippen LogP contribution in [0.4, 0.5) is 0 Å². The Morgan fingerprint density at radius 1 is 0.474 bits per heavy atom. The normalized spacial score (nSPS) is 11.2. The van der Waals surface area contributed by atoms with Gasteiger partial charge in [-0.25, -0.2) is 0 Å². The summed E-state index contributed by atoms with van der Waals surface area (Å²) in [5, 5.41) is 0. The molecule has 0 nitrogen and oxygen atoms in total. The van der Waals surface area contributed by atoms with E-state index in [1.54, 1.807) is 0 Å². The zero-order valence-electron chi connectivity index (χ0n) is 14.1. The van der Waals surface area contributed by atoms with Gasteiger partial charge in [0.05, 0.1) is 0 Å². The topological polar surface area (TPSA) is 0 Å². The molecular formula is C18H27In. The first-order chi connectivity index (χ1) is 8.29. The molecule has 0 aliphatic rings. The van der Waals surface area contributed by atoms with Crippen LogP contribution < -0.4 is 0 Å². The molecule has 102 valence electrons. The molecule has 0 rings (SSSR count). The van der Waals surface area contributed by atoms with Crippen molar-refractivity contribution in [3.05, 3.63) is 0 Å². The van der Waals surface area contributed by atoms with Gasteiger partial charge in [-0.05, 0) is 0 Å². The fourth-order valence-corrected chi connectivity index (χ4v) is 6.54. The zero-order chi connectivity index (χ0) is 15.3. The van der Waals surface area contributed by atoms with Crippen LogP contribution in [0.25, 0.3) is 0 Å². The maximum atomic E-state index is 3.42. The van der Waals surface area contributed by atoms with Gasteiger partial charge in [-0.15, -0.1) is 0 Å². The number of hydrogen-bond acceptors (Lipinski definition) is 0. The van der Waals surface area contributed by atoms with E-state index in [0.29, 0.717) is 0 Å². The van der Waals surface area contributed by atoms with Crippen LogP contribution in [0.2, 0.25) is 0 Å². The van der Waals surface area contributed by atoms with E-state index >= 15 is 0 Å². The Kier molecular flexibility index (Phi) is 6.66. The van der Waals surface area contributed by atoms with E-state index in [-0.39, 0.29) is 16.2 Å². The van der Waals surface area contributed by atoms with Gasteiger partial charge >= 0.3 is 129 Å². The molecule has 0 amide bonds. The van der Waals surface area contributed by atoms with Crippen LogP contribution in [0.3, 0.4) is 0 Å². The first-order valence-electron chi connectivity index (χ1n) is 6.87. The van der Waals surface area contributed by atoms with Crippen LogP contribution in [-0.4, -0.2) is 21.4 Å². The maximum absolute atomic E-state index is 3.42. The van der Waals surface area contributed by atoms with E-state index in [9.17, 15) is 0 Å². The van der Waals surface area contributed by atoms with E-state index in [1.165, 1.54) is 0 Å². The zero-order valence-corrected chi connectivity index (χ0v) is 17.4. The van der Waals surface area contributed by atoms with Crippen LogP contribution >= 0.6 is 0 Å². The summed E-state index contributed by atoms with van der Waals surface area (Å²) in [7, 11) is 0. The van der Waals surface area contributed by atoms with E-state index in [1.807, 2.05) is 0 Å². The van der Waals surface area contributed by atoms with Gasteiger partial charge in [-0.1, -0.05) is 0 Å². The molecule has 0 aromatic rings. The number of rotatable bonds is 0. The minimum absolute atomic E-state index is 0.0436. The number of hydrogen-bond donors (Lipinski definition) is 0. The van der Waals surface area contributed by atoms with Crippen molar-refractivity contribution in [2.75, 3.05) is 0 Å². The van der Waals surface area contributed by atoms with Crippen molar-refractivity contribution in [2.45, 2.75) is 62.3 Å². The van der Waals surface area contributed by atoms with E-state index in [2.05, 4.69) is 91.1 Å². The van der Waals surface area contributed by atoms with Gasteiger partial charge in [0.1, 0.15) is 0 Å². The third kappa shape index (κ3) is 13.8. The van der Waals surface area contributed by atoms with Gasteiger partial charge < -0.3 is 0 Å². The van der Waals surface area contributed by atoms with Crippen molar-refractivity contribution in [3.8, 4) is 28.8 Å². The van der Waals surface area contributed by atoms with Gasteiger partial charge in [-0.3, -0.25) is 0 Å². The summed E-state index contributed by atoms with van der Waals surface area (Å²) in [5.41, 5.74) is 0.131. The fraction of sp³-hybridized carbons (Fsp3) is 0.667. The molecule has 0 saturated heterocycles.